The fourth-order valence-electron chi connectivity index (χ4n) is 1.47. The van der Waals surface area contributed by atoms with Crippen LogP contribution in [0.3, 0.4) is 0 Å². The average molecular weight is 304 g/mol. The minimum atomic E-state index is -0.555. The Hall–Kier alpha value is -0.690. The van der Waals surface area contributed by atoms with Gasteiger partial charge in [0.05, 0.1) is 22.6 Å². The number of carbonyl (C=O) groups is 1. The van der Waals surface area contributed by atoms with Crippen LogP contribution in [0.1, 0.15) is 6.42 Å². The first kappa shape index (κ1) is 9.85. The molecule has 1 atom stereocenters. The van der Waals surface area contributed by atoms with Gasteiger partial charge in [-0.2, -0.15) is 0 Å². The molecule has 1 aliphatic rings. The van der Waals surface area contributed by atoms with Crippen molar-refractivity contribution < 1.29 is 9.90 Å². The molecule has 1 aromatic rings. The third-order valence-corrected chi connectivity index (χ3v) is 2.94. The van der Waals surface area contributed by atoms with Gasteiger partial charge in [0.1, 0.15) is 5.82 Å². The van der Waals surface area contributed by atoms with E-state index < -0.39 is 6.10 Å². The van der Waals surface area contributed by atoms with Crippen LogP contribution in [-0.4, -0.2) is 28.6 Å². The highest BCUT2D eigenvalue weighted by Gasteiger charge is 2.30. The molecular weight excluding hydrogens is 295 g/mol. The maximum Gasteiger partial charge on any atom is 0.230 e. The van der Waals surface area contributed by atoms with E-state index in [-0.39, 0.29) is 12.3 Å². The number of β-amino-alcohol motifs (C(OH)–C–C–N with tert-alkyl or cyclic N) is 1. The number of amides is 1. The summed E-state index contributed by atoms with van der Waals surface area (Å²) in [5.74, 6) is 0.587. The van der Waals surface area contributed by atoms with Crippen LogP contribution < -0.4 is 4.90 Å². The summed E-state index contributed by atoms with van der Waals surface area (Å²) in [7, 11) is 0. The lowest BCUT2D eigenvalue weighted by molar-refractivity contribution is -0.117. The van der Waals surface area contributed by atoms with Crippen molar-refractivity contribution in [2.75, 3.05) is 11.4 Å². The molecule has 1 fully saturated rings. The van der Waals surface area contributed by atoms with Crippen LogP contribution in [0.5, 0.6) is 0 Å². The van der Waals surface area contributed by atoms with Crippen molar-refractivity contribution in [3.63, 3.8) is 0 Å². The second-order valence-electron chi connectivity index (χ2n) is 3.17. The first-order valence-corrected chi connectivity index (χ1v) is 5.35. The van der Waals surface area contributed by atoms with Crippen LogP contribution in [0.15, 0.2) is 18.3 Å². The molecule has 4 nitrogen and oxygen atoms in total. The monoisotopic (exact) mass is 304 g/mol. The quantitative estimate of drug-likeness (QED) is 0.780. The molecule has 0 spiro atoms. The van der Waals surface area contributed by atoms with Gasteiger partial charge >= 0.3 is 0 Å². The number of aliphatic hydroxyl groups is 1. The molecule has 1 unspecified atom stereocenters. The topological polar surface area (TPSA) is 53.4 Å². The van der Waals surface area contributed by atoms with E-state index in [1.54, 1.807) is 6.20 Å². The number of halogens is 1. The van der Waals surface area contributed by atoms with Gasteiger partial charge in [-0.15, -0.1) is 0 Å². The Balaban J connectivity index is 2.32. The Morgan fingerprint density at radius 2 is 2.43 bits per heavy atom. The van der Waals surface area contributed by atoms with Crippen molar-refractivity contribution >= 4 is 34.3 Å². The van der Waals surface area contributed by atoms with Gasteiger partial charge in [-0.1, -0.05) is 0 Å². The van der Waals surface area contributed by atoms with E-state index in [0.717, 1.165) is 3.57 Å². The SMILES string of the molecule is O=C1CC(O)CN1c1ncccc1I. The summed E-state index contributed by atoms with van der Waals surface area (Å²) in [5.41, 5.74) is 0. The van der Waals surface area contributed by atoms with Crippen molar-refractivity contribution in [1.29, 1.82) is 0 Å². The van der Waals surface area contributed by atoms with Gasteiger partial charge in [0.15, 0.2) is 0 Å². The van der Waals surface area contributed by atoms with E-state index in [4.69, 9.17) is 0 Å². The minimum absolute atomic E-state index is 0.0610. The molecule has 5 heteroatoms. The largest absolute Gasteiger partial charge is 0.391 e. The number of rotatable bonds is 1. The predicted molar refractivity (Wildman–Crippen MR) is 59.9 cm³/mol. The van der Waals surface area contributed by atoms with Gasteiger partial charge in [0.2, 0.25) is 5.91 Å². The summed E-state index contributed by atoms with van der Waals surface area (Å²) in [4.78, 5) is 17.1. The van der Waals surface area contributed by atoms with Crippen molar-refractivity contribution in [1.82, 2.24) is 4.98 Å². The van der Waals surface area contributed by atoms with Gasteiger partial charge < -0.3 is 5.11 Å². The van der Waals surface area contributed by atoms with Crippen LogP contribution in [0.25, 0.3) is 0 Å². The van der Waals surface area contributed by atoms with Crippen molar-refractivity contribution in [3.8, 4) is 0 Å². The number of carbonyl (C=O) groups excluding carboxylic acids is 1. The molecule has 0 radical (unpaired) electrons. The van der Waals surface area contributed by atoms with Crippen molar-refractivity contribution in [3.05, 3.63) is 21.9 Å². The zero-order valence-corrected chi connectivity index (χ0v) is 9.51. The molecule has 2 heterocycles. The Morgan fingerprint density at radius 3 is 3.00 bits per heavy atom. The number of aromatic nitrogens is 1. The molecular formula is C9H9IN2O2. The van der Waals surface area contributed by atoms with Gasteiger partial charge in [-0.3, -0.25) is 9.69 Å². The predicted octanol–water partition coefficient (Wildman–Crippen LogP) is 0.784. The molecule has 14 heavy (non-hydrogen) atoms. The van der Waals surface area contributed by atoms with Crippen LogP contribution >= 0.6 is 22.6 Å². The fourth-order valence-corrected chi connectivity index (χ4v) is 2.11. The molecule has 1 aliphatic heterocycles. The standard InChI is InChI=1S/C9H9IN2O2/c10-7-2-1-3-11-9(7)12-5-6(13)4-8(12)14/h1-3,6,13H,4-5H2. The highest BCUT2D eigenvalue weighted by molar-refractivity contribution is 14.1. The number of aliphatic hydroxyl groups excluding tert-OH is 1. The Kier molecular flexibility index (Phi) is 2.69. The third kappa shape index (κ3) is 1.74. The first-order chi connectivity index (χ1) is 6.68. The van der Waals surface area contributed by atoms with Crippen molar-refractivity contribution in [2.45, 2.75) is 12.5 Å². The molecule has 1 N–H and O–H groups in total. The number of nitrogens with zero attached hydrogens (tertiary/aromatic N) is 2. The summed E-state index contributed by atoms with van der Waals surface area (Å²) in [6, 6.07) is 3.71. The maximum absolute atomic E-state index is 11.5. The molecule has 1 aromatic heterocycles. The summed E-state index contributed by atoms with van der Waals surface area (Å²) >= 11 is 2.13. The van der Waals surface area contributed by atoms with E-state index in [2.05, 4.69) is 27.6 Å². The lowest BCUT2D eigenvalue weighted by Crippen LogP contribution is -2.26. The molecule has 1 amide bonds. The van der Waals surface area contributed by atoms with Crippen LogP contribution in [0.2, 0.25) is 0 Å². The van der Waals surface area contributed by atoms with Gasteiger partial charge in [0.25, 0.3) is 0 Å². The number of hydrogen-bond acceptors (Lipinski definition) is 3. The van der Waals surface area contributed by atoms with Crippen LogP contribution in [-0.2, 0) is 4.79 Å². The van der Waals surface area contributed by atoms with E-state index in [1.807, 2.05) is 12.1 Å². The van der Waals surface area contributed by atoms with Crippen LogP contribution in [0, 0.1) is 3.57 Å². The highest BCUT2D eigenvalue weighted by Crippen LogP contribution is 2.23. The first-order valence-electron chi connectivity index (χ1n) is 4.27. The van der Waals surface area contributed by atoms with Gasteiger partial charge in [-0.25, -0.2) is 4.98 Å². The Morgan fingerprint density at radius 1 is 1.64 bits per heavy atom. The molecule has 0 saturated carbocycles. The summed E-state index contributed by atoms with van der Waals surface area (Å²) in [6.45, 7) is 0.353. The van der Waals surface area contributed by atoms with E-state index in [9.17, 15) is 9.90 Å². The van der Waals surface area contributed by atoms with Gasteiger partial charge in [-0.05, 0) is 34.7 Å². The summed E-state index contributed by atoms with van der Waals surface area (Å²) in [5, 5.41) is 9.33. The zero-order chi connectivity index (χ0) is 10.1. The fraction of sp³-hybridized carbons (Fsp3) is 0.333. The smallest absolute Gasteiger partial charge is 0.230 e. The molecule has 74 valence electrons. The second kappa shape index (κ2) is 3.82. The zero-order valence-electron chi connectivity index (χ0n) is 7.35. The van der Waals surface area contributed by atoms with E-state index in [0.29, 0.717) is 12.4 Å². The molecule has 0 aromatic carbocycles. The number of anilines is 1. The molecule has 0 bridgehead atoms. The number of hydrogen-bond donors (Lipinski definition) is 1. The van der Waals surface area contributed by atoms with Crippen LogP contribution in [0.4, 0.5) is 5.82 Å². The second-order valence-corrected chi connectivity index (χ2v) is 4.33. The number of pyridine rings is 1. The lowest BCUT2D eigenvalue weighted by Gasteiger charge is -2.15. The molecule has 0 aliphatic carbocycles. The third-order valence-electron chi connectivity index (χ3n) is 2.10. The maximum atomic E-state index is 11.5. The van der Waals surface area contributed by atoms with Crippen molar-refractivity contribution in [2.24, 2.45) is 0 Å². The molecule has 1 saturated heterocycles. The Bertz CT molecular complexity index is 370. The lowest BCUT2D eigenvalue weighted by atomic mass is 10.3. The average Bonchev–Trinajstić information content (AvgIpc) is 2.46. The molecule has 2 rings (SSSR count). The minimum Gasteiger partial charge on any atom is -0.391 e. The van der Waals surface area contributed by atoms with E-state index in [1.165, 1.54) is 4.90 Å². The normalized spacial score (nSPS) is 21.7. The van der Waals surface area contributed by atoms with Gasteiger partial charge in [0, 0.05) is 6.20 Å². The Labute approximate surface area is 95.1 Å². The van der Waals surface area contributed by atoms with E-state index >= 15 is 0 Å². The summed E-state index contributed by atoms with van der Waals surface area (Å²) < 4.78 is 0.924. The summed E-state index contributed by atoms with van der Waals surface area (Å²) in [6.07, 6.45) is 1.29. The highest BCUT2D eigenvalue weighted by atomic mass is 127.